The molecule has 0 amide bonds. The molecule has 5 heteroatoms. The van der Waals surface area contributed by atoms with Crippen LogP contribution in [0.1, 0.15) is 12.8 Å². The zero-order chi connectivity index (χ0) is 11.8. The van der Waals surface area contributed by atoms with E-state index in [1.807, 2.05) is 5.38 Å². The van der Waals surface area contributed by atoms with Crippen LogP contribution < -0.4 is 5.32 Å². The van der Waals surface area contributed by atoms with Gasteiger partial charge in [-0.25, -0.2) is 9.37 Å². The molecule has 0 bridgehead atoms. The second kappa shape index (κ2) is 4.27. The lowest BCUT2D eigenvalue weighted by atomic mass is 10.2. The third-order valence-electron chi connectivity index (χ3n) is 2.61. The second-order valence-electron chi connectivity index (χ2n) is 4.08. The standard InChI is InChI=1S/C12H10ClFN2S/c13-10-4-1-7(14)5-9(10)11-6-17-12(16-11)15-8-2-3-8/h1,4-6,8H,2-3H2,(H,15,16). The van der Waals surface area contributed by atoms with Gasteiger partial charge >= 0.3 is 0 Å². The largest absolute Gasteiger partial charge is 0.359 e. The van der Waals surface area contributed by atoms with Crippen LogP contribution in [0.15, 0.2) is 23.6 Å². The van der Waals surface area contributed by atoms with E-state index in [1.54, 1.807) is 6.07 Å². The van der Waals surface area contributed by atoms with Gasteiger partial charge in [0.05, 0.1) is 10.7 Å². The van der Waals surface area contributed by atoms with E-state index >= 15 is 0 Å². The zero-order valence-electron chi connectivity index (χ0n) is 8.91. The summed E-state index contributed by atoms with van der Waals surface area (Å²) in [6.45, 7) is 0. The predicted molar refractivity (Wildman–Crippen MR) is 69.2 cm³/mol. The summed E-state index contributed by atoms with van der Waals surface area (Å²) in [6, 6.07) is 4.89. The molecule has 88 valence electrons. The molecule has 0 spiro atoms. The van der Waals surface area contributed by atoms with Crippen molar-refractivity contribution in [2.24, 2.45) is 0 Å². The van der Waals surface area contributed by atoms with Gasteiger partial charge in [0.1, 0.15) is 5.82 Å². The van der Waals surface area contributed by atoms with E-state index in [0.29, 0.717) is 16.6 Å². The Bertz CT molecular complexity index is 551. The number of halogens is 2. The molecule has 0 aliphatic heterocycles. The Kier molecular flexibility index (Phi) is 2.76. The van der Waals surface area contributed by atoms with Gasteiger partial charge in [0.15, 0.2) is 5.13 Å². The number of hydrogen-bond acceptors (Lipinski definition) is 3. The Labute approximate surface area is 107 Å². The van der Waals surface area contributed by atoms with Gasteiger partial charge in [0.25, 0.3) is 0 Å². The molecule has 0 atom stereocenters. The molecule has 0 saturated heterocycles. The molecule has 0 unspecified atom stereocenters. The predicted octanol–water partition coefficient (Wildman–Crippen LogP) is 4.18. The van der Waals surface area contributed by atoms with Crippen molar-refractivity contribution in [2.45, 2.75) is 18.9 Å². The molecule has 1 aromatic carbocycles. The zero-order valence-corrected chi connectivity index (χ0v) is 10.5. The van der Waals surface area contributed by atoms with Crippen molar-refractivity contribution in [3.63, 3.8) is 0 Å². The average Bonchev–Trinajstić information content (AvgIpc) is 2.99. The molecule has 1 aromatic heterocycles. The Morgan fingerprint density at radius 3 is 3.00 bits per heavy atom. The van der Waals surface area contributed by atoms with Crippen LogP contribution in [0.2, 0.25) is 5.02 Å². The average molecular weight is 269 g/mol. The minimum absolute atomic E-state index is 0.297. The van der Waals surface area contributed by atoms with Crippen LogP contribution in [0.25, 0.3) is 11.3 Å². The SMILES string of the molecule is Fc1ccc(Cl)c(-c2csc(NC3CC3)n2)c1. The molecule has 2 nitrogen and oxygen atoms in total. The van der Waals surface area contributed by atoms with Gasteiger partial charge in [-0.3, -0.25) is 0 Å². The van der Waals surface area contributed by atoms with Crippen molar-refractivity contribution in [1.29, 1.82) is 0 Å². The van der Waals surface area contributed by atoms with Crippen LogP contribution in [-0.2, 0) is 0 Å². The fraction of sp³-hybridized carbons (Fsp3) is 0.250. The van der Waals surface area contributed by atoms with E-state index in [-0.39, 0.29) is 5.82 Å². The summed E-state index contributed by atoms with van der Waals surface area (Å²) in [4.78, 5) is 4.42. The van der Waals surface area contributed by atoms with Crippen molar-refractivity contribution >= 4 is 28.1 Å². The number of nitrogens with one attached hydrogen (secondary N) is 1. The summed E-state index contributed by atoms with van der Waals surface area (Å²) >= 11 is 7.56. The normalized spacial score (nSPS) is 14.9. The molecule has 1 fully saturated rings. The van der Waals surface area contributed by atoms with Gasteiger partial charge < -0.3 is 5.32 Å². The first-order valence-corrected chi connectivity index (χ1v) is 6.65. The van der Waals surface area contributed by atoms with E-state index in [0.717, 1.165) is 10.8 Å². The number of rotatable bonds is 3. The van der Waals surface area contributed by atoms with Crippen LogP contribution in [0.5, 0.6) is 0 Å². The fourth-order valence-corrected chi connectivity index (χ4v) is 2.56. The first-order valence-electron chi connectivity index (χ1n) is 5.40. The molecule has 1 saturated carbocycles. The Morgan fingerprint density at radius 1 is 1.41 bits per heavy atom. The summed E-state index contributed by atoms with van der Waals surface area (Å²) in [7, 11) is 0. The summed E-state index contributed by atoms with van der Waals surface area (Å²) in [5.41, 5.74) is 1.37. The highest BCUT2D eigenvalue weighted by atomic mass is 35.5. The first kappa shape index (κ1) is 11.0. The van der Waals surface area contributed by atoms with Crippen molar-refractivity contribution in [3.05, 3.63) is 34.4 Å². The quantitative estimate of drug-likeness (QED) is 0.903. The fourth-order valence-electron chi connectivity index (χ4n) is 1.56. The Balaban J connectivity index is 1.91. The summed E-state index contributed by atoms with van der Waals surface area (Å²) in [5.74, 6) is -0.297. The van der Waals surface area contributed by atoms with E-state index < -0.39 is 0 Å². The van der Waals surface area contributed by atoms with Crippen molar-refractivity contribution in [2.75, 3.05) is 5.32 Å². The molecule has 1 N–H and O–H groups in total. The molecule has 1 aliphatic carbocycles. The molecule has 1 aliphatic rings. The van der Waals surface area contributed by atoms with Crippen LogP contribution in [0.3, 0.4) is 0 Å². The third-order valence-corrected chi connectivity index (χ3v) is 3.72. The lowest BCUT2D eigenvalue weighted by molar-refractivity contribution is 0.628. The monoisotopic (exact) mass is 268 g/mol. The van der Waals surface area contributed by atoms with Gasteiger partial charge in [-0.1, -0.05) is 11.6 Å². The van der Waals surface area contributed by atoms with Crippen LogP contribution in [0.4, 0.5) is 9.52 Å². The van der Waals surface area contributed by atoms with Crippen molar-refractivity contribution < 1.29 is 4.39 Å². The van der Waals surface area contributed by atoms with Gasteiger partial charge in [0, 0.05) is 17.0 Å². The number of aromatic nitrogens is 1. The molecule has 17 heavy (non-hydrogen) atoms. The Hall–Kier alpha value is -1.13. The maximum absolute atomic E-state index is 13.2. The highest BCUT2D eigenvalue weighted by Crippen LogP contribution is 2.33. The maximum atomic E-state index is 13.2. The number of thiazole rings is 1. The molecule has 1 heterocycles. The topological polar surface area (TPSA) is 24.9 Å². The van der Waals surface area contributed by atoms with E-state index in [4.69, 9.17) is 11.6 Å². The highest BCUT2D eigenvalue weighted by Gasteiger charge is 2.22. The lowest BCUT2D eigenvalue weighted by Crippen LogP contribution is -1.99. The van der Waals surface area contributed by atoms with Crippen LogP contribution in [0, 0.1) is 5.82 Å². The van der Waals surface area contributed by atoms with E-state index in [1.165, 1.54) is 36.3 Å². The van der Waals surface area contributed by atoms with Gasteiger partial charge in [-0.05, 0) is 31.0 Å². The number of nitrogens with zero attached hydrogens (tertiary/aromatic N) is 1. The molecular formula is C12H10ClFN2S. The summed E-state index contributed by atoms with van der Waals surface area (Å²) < 4.78 is 13.2. The van der Waals surface area contributed by atoms with Gasteiger partial charge in [-0.2, -0.15) is 0 Å². The third kappa shape index (κ3) is 2.42. The van der Waals surface area contributed by atoms with Crippen molar-refractivity contribution in [3.8, 4) is 11.3 Å². The number of anilines is 1. The Morgan fingerprint density at radius 2 is 2.24 bits per heavy atom. The van der Waals surface area contributed by atoms with Crippen LogP contribution >= 0.6 is 22.9 Å². The smallest absolute Gasteiger partial charge is 0.183 e. The molecule has 0 radical (unpaired) electrons. The van der Waals surface area contributed by atoms with Gasteiger partial charge in [0.2, 0.25) is 0 Å². The summed E-state index contributed by atoms with van der Waals surface area (Å²) in [5, 5.41) is 6.61. The van der Waals surface area contributed by atoms with E-state index in [9.17, 15) is 4.39 Å². The molecular weight excluding hydrogens is 259 g/mol. The van der Waals surface area contributed by atoms with Crippen LogP contribution in [-0.4, -0.2) is 11.0 Å². The highest BCUT2D eigenvalue weighted by molar-refractivity contribution is 7.14. The summed E-state index contributed by atoms with van der Waals surface area (Å²) in [6.07, 6.45) is 2.41. The number of hydrogen-bond donors (Lipinski definition) is 1. The van der Waals surface area contributed by atoms with Crippen molar-refractivity contribution in [1.82, 2.24) is 4.98 Å². The molecule has 2 aromatic rings. The van der Waals surface area contributed by atoms with Gasteiger partial charge in [-0.15, -0.1) is 11.3 Å². The molecule has 3 rings (SSSR count). The second-order valence-corrected chi connectivity index (χ2v) is 5.35. The lowest BCUT2D eigenvalue weighted by Gasteiger charge is -2.01. The minimum Gasteiger partial charge on any atom is -0.359 e. The number of benzene rings is 1. The van der Waals surface area contributed by atoms with E-state index in [2.05, 4.69) is 10.3 Å². The maximum Gasteiger partial charge on any atom is 0.183 e. The minimum atomic E-state index is -0.297. The first-order chi connectivity index (χ1) is 8.22.